The molecule has 0 spiro atoms. The molecule has 2 aromatic carbocycles. The Balaban J connectivity index is 1.69. The summed E-state index contributed by atoms with van der Waals surface area (Å²) in [5.41, 5.74) is 0. The zero-order chi connectivity index (χ0) is 47.6. The molecule has 0 saturated carbocycles. The predicted octanol–water partition coefficient (Wildman–Crippen LogP) is 20.9. The molecule has 376 valence electrons. The van der Waals surface area contributed by atoms with Crippen LogP contribution >= 0.6 is 22.7 Å². The third kappa shape index (κ3) is 20.9. The fourth-order valence-corrected chi connectivity index (χ4v) is 22.8. The second-order valence-electron chi connectivity index (χ2n) is 23.1. The van der Waals surface area contributed by atoms with E-state index in [1.165, 1.54) is 248 Å². The Hall–Kier alpha value is -0.183. The van der Waals surface area contributed by atoms with Crippen LogP contribution < -0.4 is 15.3 Å². The van der Waals surface area contributed by atoms with Gasteiger partial charge in [0.2, 0.25) is 0 Å². The van der Waals surface area contributed by atoms with Crippen molar-refractivity contribution in [3.63, 3.8) is 0 Å². The first-order valence-corrected chi connectivity index (χ1v) is 50.3. The van der Waals surface area contributed by atoms with Crippen molar-refractivity contribution < 1.29 is 9.47 Å². The van der Waals surface area contributed by atoms with E-state index in [9.17, 15) is 0 Å². The topological polar surface area (TPSA) is 18.5 Å². The maximum atomic E-state index is 7.44. The summed E-state index contributed by atoms with van der Waals surface area (Å²) in [5, 5.41) is 5.38. The van der Waals surface area contributed by atoms with Gasteiger partial charge in [-0.05, 0) is 0 Å². The van der Waals surface area contributed by atoms with Crippen molar-refractivity contribution in [2.45, 2.75) is 263 Å². The molecule has 0 bridgehead atoms. The first-order valence-electron chi connectivity index (χ1n) is 28.6. The summed E-state index contributed by atoms with van der Waals surface area (Å²) in [6.45, 7) is 11.0. The van der Waals surface area contributed by atoms with Crippen molar-refractivity contribution in [3.05, 3.63) is 24.3 Å². The fraction of sp³-hybridized carbons (Fsp3) is 0.767. The zero-order valence-corrected chi connectivity index (χ0v) is 52.5. The summed E-state index contributed by atoms with van der Waals surface area (Å²) in [7, 11) is 0. The van der Waals surface area contributed by atoms with Gasteiger partial charge in [0.15, 0.2) is 0 Å². The molecule has 0 N–H and O–H groups in total. The van der Waals surface area contributed by atoms with Gasteiger partial charge < -0.3 is 0 Å². The van der Waals surface area contributed by atoms with Crippen LogP contribution in [-0.4, -0.2) is 50.0 Å². The van der Waals surface area contributed by atoms with Gasteiger partial charge in [-0.2, -0.15) is 0 Å². The Labute approximate surface area is 425 Å². The first kappa shape index (κ1) is 58.4. The summed E-state index contributed by atoms with van der Waals surface area (Å²) < 4.78 is 21.0. The van der Waals surface area contributed by atoms with Gasteiger partial charge >= 0.3 is 325 Å². The molecular formula is C60H104O2S2Sn2. The summed E-state index contributed by atoms with van der Waals surface area (Å²) in [6.07, 6.45) is 43.8. The van der Waals surface area contributed by atoms with Crippen LogP contribution in [0.15, 0.2) is 24.3 Å². The van der Waals surface area contributed by atoms with Gasteiger partial charge in [0.1, 0.15) is 0 Å². The average molecular weight is 1160 g/mol. The molecule has 2 atom stereocenters. The van der Waals surface area contributed by atoms with Gasteiger partial charge in [-0.25, -0.2) is 0 Å². The van der Waals surface area contributed by atoms with E-state index in [0.29, 0.717) is 11.8 Å². The third-order valence-electron chi connectivity index (χ3n) is 14.6. The molecular weight excluding hydrogens is 1050 g/mol. The Bertz CT molecular complexity index is 1740. The van der Waals surface area contributed by atoms with Gasteiger partial charge in [-0.15, -0.1) is 0 Å². The van der Waals surface area contributed by atoms with Crippen LogP contribution in [0.1, 0.15) is 233 Å². The zero-order valence-electron chi connectivity index (χ0n) is 45.1. The van der Waals surface area contributed by atoms with Crippen LogP contribution in [0.3, 0.4) is 0 Å². The molecule has 66 heavy (non-hydrogen) atoms. The van der Waals surface area contributed by atoms with Crippen molar-refractivity contribution in [2.75, 3.05) is 13.2 Å². The number of hydrogen-bond donors (Lipinski definition) is 0. The van der Waals surface area contributed by atoms with E-state index in [2.05, 4.69) is 104 Å². The third-order valence-corrected chi connectivity index (χ3v) is 35.7. The molecule has 2 unspecified atom stereocenters. The molecule has 2 nitrogen and oxygen atoms in total. The van der Waals surface area contributed by atoms with E-state index in [0.717, 1.165) is 13.2 Å². The van der Waals surface area contributed by atoms with Gasteiger partial charge in [-0.1, -0.05) is 105 Å². The monoisotopic (exact) mass is 1160 g/mol. The number of ether oxygens (including phenoxy) is 2. The normalized spacial score (nSPS) is 13.4. The minimum absolute atomic E-state index is 0.615. The summed E-state index contributed by atoms with van der Waals surface area (Å²) in [4.78, 5) is 15.5. The molecule has 0 fully saturated rings. The Morgan fingerprint density at radius 1 is 0.364 bits per heavy atom. The van der Waals surface area contributed by atoms with E-state index in [1.54, 1.807) is 5.79 Å². The molecule has 0 aliphatic carbocycles. The average Bonchev–Trinajstić information content (AvgIpc) is 3.93. The van der Waals surface area contributed by atoms with Gasteiger partial charge in [0.25, 0.3) is 0 Å². The minimum atomic E-state index is -2.38. The van der Waals surface area contributed by atoms with E-state index in [1.807, 2.05) is 0 Å². The molecule has 6 heteroatoms. The predicted molar refractivity (Wildman–Crippen MR) is 309 cm³/mol. The molecule has 2 aromatic heterocycles. The van der Waals surface area contributed by atoms with Gasteiger partial charge in [0.05, 0.1) is 0 Å². The van der Waals surface area contributed by atoms with Crippen LogP contribution in [0.2, 0.25) is 29.6 Å². The number of thiophene rings is 2. The maximum absolute atomic E-state index is 7.44. The van der Waals surface area contributed by atoms with Crippen molar-refractivity contribution in [1.29, 1.82) is 0 Å². The van der Waals surface area contributed by atoms with E-state index < -0.39 is 36.8 Å². The van der Waals surface area contributed by atoms with Crippen molar-refractivity contribution in [2.24, 2.45) is 11.8 Å². The molecule has 4 rings (SSSR count). The Kier molecular flexibility index (Phi) is 28.9. The standard InChI is InChI=1S/C54H86O2S2.6CH3.2Sn/c1-5-9-13-17-21-23-27-31-35-45(33-29-25-19-15-11-7-3)43-55-51-49-41-48-38-40-58-54(48)52(50(49)42-47-37-39-57-53(47)51)56-44-46(34-30-26-20-16-12-8-4)36-32-28-24-22-18-14-10-6-2;;;;;;;;/h37-38,41-42,45-46H,5-36,43-44H2,1-4H3;6*1H3;;. The van der Waals surface area contributed by atoms with Crippen LogP contribution in [0.4, 0.5) is 0 Å². The van der Waals surface area contributed by atoms with Gasteiger partial charge in [-0.3, -0.25) is 0 Å². The molecule has 2 heterocycles. The molecule has 0 amide bonds. The fourth-order valence-electron chi connectivity index (χ4n) is 10.1. The number of rotatable bonds is 40. The molecule has 0 aliphatic rings. The number of unbranched alkanes of at least 4 members (excludes halogenated alkanes) is 24. The first-order chi connectivity index (χ1) is 31.9. The summed E-state index contributed by atoms with van der Waals surface area (Å²) in [6, 6.07) is 10.2. The molecule has 0 radical (unpaired) electrons. The van der Waals surface area contributed by atoms with E-state index >= 15 is 0 Å². The molecule has 0 aliphatic heterocycles. The van der Waals surface area contributed by atoms with Crippen molar-refractivity contribution in [3.8, 4) is 11.5 Å². The van der Waals surface area contributed by atoms with Crippen LogP contribution in [-0.2, 0) is 0 Å². The van der Waals surface area contributed by atoms with Crippen LogP contribution in [0.25, 0.3) is 30.9 Å². The van der Waals surface area contributed by atoms with Crippen molar-refractivity contribution >= 4 is 96.2 Å². The van der Waals surface area contributed by atoms with Crippen molar-refractivity contribution in [1.82, 2.24) is 0 Å². The molecule has 4 aromatic rings. The summed E-state index contributed by atoms with van der Waals surface area (Å²) >= 11 is -0.613. The van der Waals surface area contributed by atoms with Crippen LogP contribution in [0, 0.1) is 11.8 Å². The second kappa shape index (κ2) is 32.7. The number of benzene rings is 2. The van der Waals surface area contributed by atoms with E-state index in [-0.39, 0.29) is 0 Å². The summed E-state index contributed by atoms with van der Waals surface area (Å²) in [5.74, 6) is 3.56. The molecule has 0 saturated heterocycles. The number of hydrogen-bond acceptors (Lipinski definition) is 4. The number of fused-ring (bicyclic) bond motifs is 3. The van der Waals surface area contributed by atoms with Gasteiger partial charge in [0, 0.05) is 0 Å². The van der Waals surface area contributed by atoms with Crippen LogP contribution in [0.5, 0.6) is 11.5 Å². The van der Waals surface area contributed by atoms with E-state index in [4.69, 9.17) is 9.47 Å². The quantitative estimate of drug-likeness (QED) is 0.0326. The second-order valence-corrected chi connectivity index (χ2v) is 56.0. The Morgan fingerprint density at radius 2 is 0.621 bits per heavy atom. The SMILES string of the molecule is CCCCCCCCCCC(CCCCCCCC)COc1c2cc3c[c]([Sn]([CH3])([CH3])[CH3])sc3c(OCC(CCCCCCCC)CCCCCCCCCC)c2cc2c[c]([Sn]([CH3])([CH3])[CH3])sc12. The Morgan fingerprint density at radius 3 is 0.879 bits per heavy atom.